The predicted octanol–water partition coefficient (Wildman–Crippen LogP) is 5.36. The van der Waals surface area contributed by atoms with Crippen molar-refractivity contribution >= 4 is 23.4 Å². The minimum absolute atomic E-state index is 0.0949. The highest BCUT2D eigenvalue weighted by molar-refractivity contribution is 8.00. The number of carbonyl (C=O) groups excluding carboxylic acids is 1. The van der Waals surface area contributed by atoms with Gasteiger partial charge >= 0.3 is 0 Å². The molecule has 0 aliphatic carbocycles. The number of anilines is 1. The average Bonchev–Trinajstić information content (AvgIpc) is 3.24. The Hall–Kier alpha value is -3.38. The van der Waals surface area contributed by atoms with Crippen LogP contribution in [-0.4, -0.2) is 20.7 Å². The lowest BCUT2D eigenvalue weighted by molar-refractivity contribution is -0.115. The molecule has 30 heavy (non-hydrogen) atoms. The van der Waals surface area contributed by atoms with Crippen molar-refractivity contribution in [2.75, 3.05) is 5.32 Å². The van der Waals surface area contributed by atoms with Crippen molar-refractivity contribution in [3.63, 3.8) is 0 Å². The zero-order chi connectivity index (χ0) is 20.9. The third-order valence-corrected chi connectivity index (χ3v) is 5.98. The van der Waals surface area contributed by atoms with Gasteiger partial charge in [-0.3, -0.25) is 9.36 Å². The van der Waals surface area contributed by atoms with E-state index < -0.39 is 5.25 Å². The molecule has 0 fully saturated rings. The van der Waals surface area contributed by atoms with Crippen molar-refractivity contribution in [3.8, 4) is 5.69 Å². The fraction of sp³-hybridized carbons (Fsp3) is 0.125. The van der Waals surface area contributed by atoms with Crippen LogP contribution in [-0.2, 0) is 4.79 Å². The molecule has 0 bridgehead atoms. The van der Waals surface area contributed by atoms with Crippen LogP contribution in [0.2, 0.25) is 0 Å². The second-order valence-corrected chi connectivity index (χ2v) is 8.11. The van der Waals surface area contributed by atoms with E-state index in [4.69, 9.17) is 0 Å². The van der Waals surface area contributed by atoms with E-state index in [2.05, 4.69) is 15.5 Å². The maximum absolute atomic E-state index is 13.4. The van der Waals surface area contributed by atoms with E-state index in [0.29, 0.717) is 5.16 Å². The minimum Gasteiger partial charge on any atom is -0.325 e. The van der Waals surface area contributed by atoms with Crippen LogP contribution in [0, 0.1) is 13.8 Å². The maximum atomic E-state index is 13.4. The molecule has 3 aromatic carbocycles. The Bertz CT molecular complexity index is 1140. The van der Waals surface area contributed by atoms with Gasteiger partial charge in [0.25, 0.3) is 0 Å². The summed E-state index contributed by atoms with van der Waals surface area (Å²) < 4.78 is 1.89. The highest BCUT2D eigenvalue weighted by Crippen LogP contribution is 2.36. The van der Waals surface area contributed by atoms with E-state index >= 15 is 0 Å². The maximum Gasteiger partial charge on any atom is 0.242 e. The summed E-state index contributed by atoms with van der Waals surface area (Å²) in [4.78, 5) is 13.4. The molecule has 6 heteroatoms. The largest absolute Gasteiger partial charge is 0.325 e. The van der Waals surface area contributed by atoms with Crippen molar-refractivity contribution in [2.45, 2.75) is 24.3 Å². The van der Waals surface area contributed by atoms with Gasteiger partial charge in [0.1, 0.15) is 11.6 Å². The first-order chi connectivity index (χ1) is 14.6. The Morgan fingerprint density at radius 3 is 2.40 bits per heavy atom. The van der Waals surface area contributed by atoms with Gasteiger partial charge in [0.15, 0.2) is 5.16 Å². The molecule has 0 saturated carbocycles. The van der Waals surface area contributed by atoms with Gasteiger partial charge in [-0.2, -0.15) is 0 Å². The molecule has 1 heterocycles. The summed E-state index contributed by atoms with van der Waals surface area (Å²) in [5.74, 6) is -0.0949. The summed E-state index contributed by atoms with van der Waals surface area (Å²) in [6.45, 7) is 4.01. The van der Waals surface area contributed by atoms with E-state index in [9.17, 15) is 4.79 Å². The quantitative estimate of drug-likeness (QED) is 0.432. The monoisotopic (exact) mass is 414 g/mol. The summed E-state index contributed by atoms with van der Waals surface area (Å²) in [7, 11) is 0. The number of aromatic nitrogens is 3. The van der Waals surface area contributed by atoms with Crippen LogP contribution in [0.5, 0.6) is 0 Å². The third-order valence-electron chi connectivity index (χ3n) is 4.77. The average molecular weight is 415 g/mol. The minimum atomic E-state index is -0.474. The molecule has 4 rings (SSSR count). The number of nitrogens with one attached hydrogen (secondary N) is 1. The van der Waals surface area contributed by atoms with Crippen LogP contribution in [0.1, 0.15) is 21.9 Å². The van der Waals surface area contributed by atoms with E-state index in [1.165, 1.54) is 11.8 Å². The second-order valence-electron chi connectivity index (χ2n) is 7.04. The van der Waals surface area contributed by atoms with Crippen molar-refractivity contribution in [1.82, 2.24) is 14.8 Å². The molecular weight excluding hydrogens is 392 g/mol. The van der Waals surface area contributed by atoms with Gasteiger partial charge in [-0.15, -0.1) is 10.2 Å². The summed E-state index contributed by atoms with van der Waals surface area (Å²) >= 11 is 1.38. The number of amides is 1. The Kier molecular flexibility index (Phi) is 5.95. The number of hydrogen-bond donors (Lipinski definition) is 1. The van der Waals surface area contributed by atoms with Crippen molar-refractivity contribution < 1.29 is 4.79 Å². The van der Waals surface area contributed by atoms with Crippen LogP contribution in [0.3, 0.4) is 0 Å². The standard InChI is InChI=1S/C24H22N4OS/c1-17-13-14-18(2)21(15-17)26-23(29)22(19-9-5-3-6-10-19)30-24-27-25-16-28(24)20-11-7-4-8-12-20/h3-16,22H,1-2H3,(H,26,29)/t22-/m0/s1. The molecule has 0 unspecified atom stereocenters. The first-order valence-electron chi connectivity index (χ1n) is 9.67. The normalized spacial score (nSPS) is 11.8. The number of para-hydroxylation sites is 1. The van der Waals surface area contributed by atoms with E-state index in [-0.39, 0.29) is 5.91 Å². The lowest BCUT2D eigenvalue weighted by Gasteiger charge is -2.18. The van der Waals surface area contributed by atoms with Crippen LogP contribution in [0.4, 0.5) is 5.69 Å². The number of benzene rings is 3. The SMILES string of the molecule is Cc1ccc(C)c(NC(=O)[C@@H](Sc2nncn2-c2ccccc2)c2ccccc2)c1. The predicted molar refractivity (Wildman–Crippen MR) is 121 cm³/mol. The van der Waals surface area contributed by atoms with Gasteiger partial charge in [0, 0.05) is 11.4 Å². The van der Waals surface area contributed by atoms with Gasteiger partial charge < -0.3 is 5.32 Å². The molecule has 0 saturated heterocycles. The highest BCUT2D eigenvalue weighted by Gasteiger charge is 2.25. The first-order valence-corrected chi connectivity index (χ1v) is 10.5. The molecule has 1 atom stereocenters. The molecule has 150 valence electrons. The molecule has 0 aliphatic rings. The Morgan fingerprint density at radius 1 is 0.967 bits per heavy atom. The fourth-order valence-corrected chi connectivity index (χ4v) is 4.18. The third kappa shape index (κ3) is 4.44. The number of rotatable bonds is 6. The van der Waals surface area contributed by atoms with Crippen LogP contribution in [0.25, 0.3) is 5.69 Å². The molecule has 0 radical (unpaired) electrons. The molecule has 0 aliphatic heterocycles. The van der Waals surface area contributed by atoms with Gasteiger partial charge in [-0.25, -0.2) is 0 Å². The van der Waals surface area contributed by atoms with Crippen LogP contribution >= 0.6 is 11.8 Å². The van der Waals surface area contributed by atoms with Gasteiger partial charge in [0.2, 0.25) is 5.91 Å². The van der Waals surface area contributed by atoms with Crippen LogP contribution in [0.15, 0.2) is 90.3 Å². The zero-order valence-electron chi connectivity index (χ0n) is 16.8. The second kappa shape index (κ2) is 8.97. The van der Waals surface area contributed by atoms with E-state index in [0.717, 1.165) is 28.1 Å². The lowest BCUT2D eigenvalue weighted by Crippen LogP contribution is -2.20. The lowest BCUT2D eigenvalue weighted by atomic mass is 10.1. The van der Waals surface area contributed by atoms with Crippen LogP contribution < -0.4 is 5.32 Å². The van der Waals surface area contributed by atoms with E-state index in [1.54, 1.807) is 6.33 Å². The number of thioether (sulfide) groups is 1. The van der Waals surface area contributed by atoms with Crippen molar-refractivity contribution in [3.05, 3.63) is 102 Å². The zero-order valence-corrected chi connectivity index (χ0v) is 17.6. The molecule has 4 aromatic rings. The van der Waals surface area contributed by atoms with E-state index in [1.807, 2.05) is 97.3 Å². The molecule has 0 spiro atoms. The highest BCUT2D eigenvalue weighted by atomic mass is 32.2. The number of nitrogens with zero attached hydrogens (tertiary/aromatic N) is 3. The summed E-state index contributed by atoms with van der Waals surface area (Å²) in [6.07, 6.45) is 1.67. The first kappa shape index (κ1) is 19.9. The summed E-state index contributed by atoms with van der Waals surface area (Å²) in [6, 6.07) is 25.7. The van der Waals surface area contributed by atoms with Crippen molar-refractivity contribution in [1.29, 1.82) is 0 Å². The Balaban J connectivity index is 1.66. The number of aryl methyl sites for hydroxylation is 2. The summed E-state index contributed by atoms with van der Waals surface area (Å²) in [5, 5.41) is 11.6. The Morgan fingerprint density at radius 2 is 1.67 bits per heavy atom. The molecule has 5 nitrogen and oxygen atoms in total. The van der Waals surface area contributed by atoms with Gasteiger partial charge in [0.05, 0.1) is 0 Å². The van der Waals surface area contributed by atoms with Gasteiger partial charge in [-0.05, 0) is 48.7 Å². The smallest absolute Gasteiger partial charge is 0.242 e. The van der Waals surface area contributed by atoms with Crippen molar-refractivity contribution in [2.24, 2.45) is 0 Å². The number of hydrogen-bond acceptors (Lipinski definition) is 4. The number of carbonyl (C=O) groups is 1. The Labute approximate surface area is 180 Å². The topological polar surface area (TPSA) is 59.8 Å². The molecular formula is C24H22N4OS. The summed E-state index contributed by atoms with van der Waals surface area (Å²) in [5.41, 5.74) is 4.81. The van der Waals surface area contributed by atoms with Gasteiger partial charge in [-0.1, -0.05) is 72.4 Å². The molecule has 1 amide bonds. The molecule has 1 N–H and O–H groups in total. The molecule has 1 aromatic heterocycles. The fourth-order valence-electron chi connectivity index (χ4n) is 3.15.